The molecule has 3 rings (SSSR count). The average molecular weight is 340 g/mol. The molecule has 1 aromatic heterocycles. The molecule has 132 valence electrons. The number of rotatable bonds is 5. The fourth-order valence-electron chi connectivity index (χ4n) is 3.34. The Kier molecular flexibility index (Phi) is 5.60. The number of hydrogen-bond donors (Lipinski definition) is 1. The summed E-state index contributed by atoms with van der Waals surface area (Å²) in [5.41, 5.74) is 1.74. The van der Waals surface area contributed by atoms with Crippen LogP contribution in [0.4, 0.5) is 0 Å². The van der Waals surface area contributed by atoms with Crippen LogP contribution in [0.3, 0.4) is 0 Å². The van der Waals surface area contributed by atoms with Crippen LogP contribution in [0.15, 0.2) is 42.7 Å². The van der Waals surface area contributed by atoms with E-state index in [1.165, 1.54) is 25.1 Å². The zero-order valence-electron chi connectivity index (χ0n) is 14.7. The molecular formula is C19H24N4O2. The molecule has 25 heavy (non-hydrogen) atoms. The Morgan fingerprint density at radius 3 is 2.68 bits per heavy atom. The monoisotopic (exact) mass is 340 g/mol. The molecular weight excluding hydrogens is 316 g/mol. The van der Waals surface area contributed by atoms with Crippen LogP contribution in [0, 0.1) is 0 Å². The van der Waals surface area contributed by atoms with Gasteiger partial charge in [0.05, 0.1) is 12.7 Å². The van der Waals surface area contributed by atoms with Crippen molar-refractivity contribution in [3.8, 4) is 6.01 Å². The fraction of sp³-hybridized carbons (Fsp3) is 0.421. The van der Waals surface area contributed by atoms with Crippen LogP contribution in [0.1, 0.15) is 28.8 Å². The first kappa shape index (κ1) is 17.4. The summed E-state index contributed by atoms with van der Waals surface area (Å²) in [6, 6.07) is 11.1. The summed E-state index contributed by atoms with van der Waals surface area (Å²) in [7, 11) is 3.63. The SMILES string of the molecule is COc1ncc(C(=O)N[C@H]2CCCN(C)[C@H]2Cc2ccccc2)cn1. The van der Waals surface area contributed by atoms with E-state index in [1.807, 2.05) is 6.07 Å². The lowest BCUT2D eigenvalue weighted by molar-refractivity contribution is 0.0851. The number of carbonyl (C=O) groups excluding carboxylic acids is 1. The Hall–Kier alpha value is -2.47. The van der Waals surface area contributed by atoms with Gasteiger partial charge in [-0.15, -0.1) is 0 Å². The van der Waals surface area contributed by atoms with Gasteiger partial charge in [0.15, 0.2) is 0 Å². The second-order valence-corrected chi connectivity index (χ2v) is 6.42. The zero-order valence-corrected chi connectivity index (χ0v) is 14.7. The third-order valence-corrected chi connectivity index (χ3v) is 4.73. The summed E-state index contributed by atoms with van der Waals surface area (Å²) >= 11 is 0. The van der Waals surface area contributed by atoms with Crippen LogP contribution < -0.4 is 10.1 Å². The molecule has 1 aliphatic rings. The number of ether oxygens (including phenoxy) is 1. The molecule has 1 fully saturated rings. The zero-order chi connectivity index (χ0) is 17.6. The van der Waals surface area contributed by atoms with Gasteiger partial charge in [-0.25, -0.2) is 9.97 Å². The molecule has 0 aliphatic carbocycles. The number of likely N-dealkylation sites (N-methyl/N-ethyl adjacent to an activating group) is 1. The summed E-state index contributed by atoms with van der Waals surface area (Å²) in [6.45, 7) is 1.05. The number of nitrogens with zero attached hydrogens (tertiary/aromatic N) is 3. The van der Waals surface area contributed by atoms with E-state index in [4.69, 9.17) is 4.74 Å². The van der Waals surface area contributed by atoms with Crippen molar-refractivity contribution in [1.29, 1.82) is 0 Å². The van der Waals surface area contributed by atoms with Crippen LogP contribution in [0.25, 0.3) is 0 Å². The van der Waals surface area contributed by atoms with Crippen molar-refractivity contribution in [3.63, 3.8) is 0 Å². The van der Waals surface area contributed by atoms with E-state index in [9.17, 15) is 4.79 Å². The van der Waals surface area contributed by atoms with Gasteiger partial charge in [0, 0.05) is 24.5 Å². The summed E-state index contributed by atoms with van der Waals surface area (Å²) < 4.78 is 4.94. The van der Waals surface area contributed by atoms with E-state index in [-0.39, 0.29) is 24.0 Å². The highest BCUT2D eigenvalue weighted by Crippen LogP contribution is 2.20. The van der Waals surface area contributed by atoms with Gasteiger partial charge in [-0.05, 0) is 38.4 Å². The normalized spacial score (nSPS) is 20.9. The van der Waals surface area contributed by atoms with Gasteiger partial charge in [-0.3, -0.25) is 4.79 Å². The molecule has 1 amide bonds. The molecule has 2 atom stereocenters. The summed E-state index contributed by atoms with van der Waals surface area (Å²) in [5.74, 6) is -0.138. The number of benzene rings is 1. The Bertz CT molecular complexity index is 690. The van der Waals surface area contributed by atoms with E-state index in [1.54, 1.807) is 0 Å². The lowest BCUT2D eigenvalue weighted by Crippen LogP contribution is -2.54. The van der Waals surface area contributed by atoms with Crippen molar-refractivity contribution < 1.29 is 9.53 Å². The summed E-state index contributed by atoms with van der Waals surface area (Å²) in [6.07, 6.45) is 5.97. The molecule has 2 aromatic rings. The van der Waals surface area contributed by atoms with Crippen LogP contribution in [0.2, 0.25) is 0 Å². The molecule has 0 radical (unpaired) electrons. The largest absolute Gasteiger partial charge is 0.467 e. The molecule has 1 N–H and O–H groups in total. The minimum absolute atomic E-state index is 0.105. The van der Waals surface area contributed by atoms with E-state index in [2.05, 4.69) is 51.5 Å². The maximum absolute atomic E-state index is 12.6. The Morgan fingerprint density at radius 2 is 2.00 bits per heavy atom. The Labute approximate surface area is 148 Å². The smallest absolute Gasteiger partial charge is 0.316 e. The predicted octanol–water partition coefficient (Wildman–Crippen LogP) is 1.92. The van der Waals surface area contributed by atoms with Crippen LogP contribution in [0.5, 0.6) is 6.01 Å². The number of methoxy groups -OCH3 is 1. The van der Waals surface area contributed by atoms with Crippen molar-refractivity contribution in [2.24, 2.45) is 0 Å². The third kappa shape index (κ3) is 4.33. The van der Waals surface area contributed by atoms with Crippen LogP contribution in [-0.2, 0) is 6.42 Å². The predicted molar refractivity (Wildman–Crippen MR) is 95.6 cm³/mol. The Morgan fingerprint density at radius 1 is 1.28 bits per heavy atom. The molecule has 0 bridgehead atoms. The van der Waals surface area contributed by atoms with Gasteiger partial charge in [0.2, 0.25) is 0 Å². The van der Waals surface area contributed by atoms with E-state index in [0.29, 0.717) is 5.56 Å². The number of piperidine rings is 1. The maximum atomic E-state index is 12.6. The highest BCUT2D eigenvalue weighted by molar-refractivity contribution is 5.93. The summed E-state index contributed by atoms with van der Waals surface area (Å²) in [5, 5.41) is 3.17. The molecule has 6 heteroatoms. The van der Waals surface area contributed by atoms with Gasteiger partial charge >= 0.3 is 6.01 Å². The van der Waals surface area contributed by atoms with Gasteiger partial charge in [-0.1, -0.05) is 30.3 Å². The van der Waals surface area contributed by atoms with Gasteiger partial charge in [-0.2, -0.15) is 0 Å². The van der Waals surface area contributed by atoms with Crippen molar-refractivity contribution >= 4 is 5.91 Å². The molecule has 0 saturated carbocycles. The van der Waals surface area contributed by atoms with Crippen molar-refractivity contribution in [1.82, 2.24) is 20.2 Å². The average Bonchev–Trinajstić information content (AvgIpc) is 2.65. The standard InChI is InChI=1S/C19H24N4O2/c1-23-10-6-9-16(17(23)11-14-7-4-3-5-8-14)22-18(24)15-12-20-19(25-2)21-13-15/h3-5,7-8,12-13,16-17H,6,9-11H2,1-2H3,(H,22,24)/t16-,17-/m0/s1. The first-order valence-corrected chi connectivity index (χ1v) is 8.58. The number of carbonyl (C=O) groups is 1. The Balaban J connectivity index is 1.70. The molecule has 1 aliphatic heterocycles. The lowest BCUT2D eigenvalue weighted by atomic mass is 9.91. The second-order valence-electron chi connectivity index (χ2n) is 6.42. The highest BCUT2D eigenvalue weighted by atomic mass is 16.5. The number of aromatic nitrogens is 2. The van der Waals surface area contributed by atoms with Crippen molar-refractivity contribution in [3.05, 3.63) is 53.9 Å². The van der Waals surface area contributed by atoms with E-state index >= 15 is 0 Å². The fourth-order valence-corrected chi connectivity index (χ4v) is 3.34. The number of amides is 1. The van der Waals surface area contributed by atoms with Gasteiger partial charge < -0.3 is 15.0 Å². The lowest BCUT2D eigenvalue weighted by Gasteiger charge is -2.39. The first-order valence-electron chi connectivity index (χ1n) is 8.58. The molecule has 0 unspecified atom stereocenters. The van der Waals surface area contributed by atoms with Gasteiger partial charge in [0.1, 0.15) is 0 Å². The molecule has 1 aromatic carbocycles. The van der Waals surface area contributed by atoms with Crippen molar-refractivity contribution in [2.45, 2.75) is 31.3 Å². The number of likely N-dealkylation sites (tertiary alicyclic amines) is 1. The highest BCUT2D eigenvalue weighted by Gasteiger charge is 2.30. The first-order chi connectivity index (χ1) is 12.2. The number of nitrogens with one attached hydrogen (secondary N) is 1. The molecule has 2 heterocycles. The third-order valence-electron chi connectivity index (χ3n) is 4.73. The summed E-state index contributed by atoms with van der Waals surface area (Å²) in [4.78, 5) is 22.9. The van der Waals surface area contributed by atoms with E-state index in [0.717, 1.165) is 25.8 Å². The maximum Gasteiger partial charge on any atom is 0.316 e. The molecule has 0 spiro atoms. The second kappa shape index (κ2) is 8.07. The number of hydrogen-bond acceptors (Lipinski definition) is 5. The minimum Gasteiger partial charge on any atom is -0.467 e. The van der Waals surface area contributed by atoms with E-state index < -0.39 is 0 Å². The molecule has 6 nitrogen and oxygen atoms in total. The van der Waals surface area contributed by atoms with Crippen LogP contribution in [-0.4, -0.2) is 53.6 Å². The molecule has 1 saturated heterocycles. The quantitative estimate of drug-likeness (QED) is 0.901. The van der Waals surface area contributed by atoms with Crippen molar-refractivity contribution in [2.75, 3.05) is 20.7 Å². The van der Waals surface area contributed by atoms with Crippen LogP contribution >= 0.6 is 0 Å². The van der Waals surface area contributed by atoms with Gasteiger partial charge in [0.25, 0.3) is 5.91 Å². The minimum atomic E-state index is -0.138. The topological polar surface area (TPSA) is 67.3 Å².